The Labute approximate surface area is 126 Å². The molecule has 21 heavy (non-hydrogen) atoms. The van der Waals surface area contributed by atoms with Crippen LogP contribution in [0.15, 0.2) is 41.8 Å². The van der Waals surface area contributed by atoms with Crippen molar-refractivity contribution in [1.82, 2.24) is 10.0 Å². The molecule has 0 saturated carbocycles. The van der Waals surface area contributed by atoms with E-state index in [0.29, 0.717) is 5.56 Å². The maximum atomic E-state index is 12.1. The van der Waals surface area contributed by atoms with Gasteiger partial charge in [0.2, 0.25) is 10.0 Å². The lowest BCUT2D eigenvalue weighted by Crippen LogP contribution is -2.32. The molecule has 0 saturated heterocycles. The van der Waals surface area contributed by atoms with Gasteiger partial charge < -0.3 is 5.32 Å². The van der Waals surface area contributed by atoms with Crippen molar-refractivity contribution in [3.05, 3.63) is 42.5 Å². The SMILES string of the molecule is C=CCNS(=O)(=O)c1cccc(C(=O)N[C@H](C)CCC)c1. The van der Waals surface area contributed by atoms with Crippen molar-refractivity contribution >= 4 is 15.9 Å². The van der Waals surface area contributed by atoms with Gasteiger partial charge in [0, 0.05) is 18.2 Å². The van der Waals surface area contributed by atoms with Gasteiger partial charge in [-0.15, -0.1) is 6.58 Å². The van der Waals surface area contributed by atoms with Gasteiger partial charge in [0.25, 0.3) is 5.91 Å². The van der Waals surface area contributed by atoms with Gasteiger partial charge in [-0.05, 0) is 31.5 Å². The van der Waals surface area contributed by atoms with Gasteiger partial charge in [0.05, 0.1) is 4.90 Å². The predicted molar refractivity (Wildman–Crippen MR) is 83.7 cm³/mol. The average Bonchev–Trinajstić information content (AvgIpc) is 2.45. The van der Waals surface area contributed by atoms with Gasteiger partial charge in [-0.1, -0.05) is 25.5 Å². The fourth-order valence-corrected chi connectivity index (χ4v) is 2.91. The third-order valence-electron chi connectivity index (χ3n) is 2.92. The minimum atomic E-state index is -3.62. The van der Waals surface area contributed by atoms with Crippen LogP contribution in [-0.4, -0.2) is 26.9 Å². The number of hydrogen-bond donors (Lipinski definition) is 2. The summed E-state index contributed by atoms with van der Waals surface area (Å²) in [6, 6.07) is 6.04. The summed E-state index contributed by atoms with van der Waals surface area (Å²) in [6.07, 6.45) is 3.31. The first kappa shape index (κ1) is 17.4. The molecule has 1 aromatic carbocycles. The number of carbonyl (C=O) groups is 1. The smallest absolute Gasteiger partial charge is 0.251 e. The Morgan fingerprint density at radius 3 is 2.76 bits per heavy atom. The minimum Gasteiger partial charge on any atom is -0.350 e. The van der Waals surface area contributed by atoms with Gasteiger partial charge in [-0.3, -0.25) is 4.79 Å². The summed E-state index contributed by atoms with van der Waals surface area (Å²) >= 11 is 0. The average molecular weight is 310 g/mol. The van der Waals surface area contributed by atoms with Gasteiger partial charge in [-0.2, -0.15) is 0 Å². The third-order valence-corrected chi connectivity index (χ3v) is 4.34. The van der Waals surface area contributed by atoms with E-state index in [-0.39, 0.29) is 23.4 Å². The summed E-state index contributed by atoms with van der Waals surface area (Å²) < 4.78 is 26.4. The molecule has 0 aliphatic carbocycles. The molecule has 0 bridgehead atoms. The lowest BCUT2D eigenvalue weighted by atomic mass is 10.1. The largest absolute Gasteiger partial charge is 0.350 e. The minimum absolute atomic E-state index is 0.0571. The Morgan fingerprint density at radius 1 is 1.43 bits per heavy atom. The molecule has 1 rings (SSSR count). The van der Waals surface area contributed by atoms with Crippen LogP contribution in [0, 0.1) is 0 Å². The second-order valence-corrected chi connectivity index (χ2v) is 6.60. The molecule has 0 radical (unpaired) electrons. The molecule has 1 amide bonds. The zero-order valence-corrected chi connectivity index (χ0v) is 13.2. The fourth-order valence-electron chi connectivity index (χ4n) is 1.87. The van der Waals surface area contributed by atoms with Crippen LogP contribution in [0.25, 0.3) is 0 Å². The van der Waals surface area contributed by atoms with E-state index in [9.17, 15) is 13.2 Å². The summed E-state index contributed by atoms with van der Waals surface area (Å²) in [5.74, 6) is -0.267. The molecule has 0 spiro atoms. The molecule has 6 heteroatoms. The highest BCUT2D eigenvalue weighted by atomic mass is 32.2. The first-order valence-electron chi connectivity index (χ1n) is 6.92. The van der Waals surface area contributed by atoms with Crippen LogP contribution in [-0.2, 0) is 10.0 Å². The molecule has 116 valence electrons. The van der Waals surface area contributed by atoms with Crippen molar-refractivity contribution in [2.24, 2.45) is 0 Å². The van der Waals surface area contributed by atoms with E-state index in [1.807, 2.05) is 13.8 Å². The standard InChI is InChI=1S/C15H22N2O3S/c1-4-7-12(3)17-15(18)13-8-6-9-14(11-13)21(19,20)16-10-5-2/h5-6,8-9,11-12,16H,2,4,7,10H2,1,3H3,(H,17,18)/t12-/m1/s1. The molecule has 0 aliphatic rings. The summed E-state index contributed by atoms with van der Waals surface area (Å²) in [7, 11) is -3.62. The van der Waals surface area contributed by atoms with E-state index in [4.69, 9.17) is 0 Å². The van der Waals surface area contributed by atoms with Crippen molar-refractivity contribution in [2.45, 2.75) is 37.6 Å². The molecule has 2 N–H and O–H groups in total. The lowest BCUT2D eigenvalue weighted by Gasteiger charge is -2.13. The van der Waals surface area contributed by atoms with E-state index in [2.05, 4.69) is 16.6 Å². The topological polar surface area (TPSA) is 75.3 Å². The fraction of sp³-hybridized carbons (Fsp3) is 0.400. The number of nitrogens with one attached hydrogen (secondary N) is 2. The summed E-state index contributed by atoms with van der Waals surface area (Å²) in [4.78, 5) is 12.2. The molecule has 0 unspecified atom stereocenters. The van der Waals surface area contributed by atoms with Gasteiger partial charge in [0.15, 0.2) is 0 Å². The summed E-state index contributed by atoms with van der Waals surface area (Å²) in [5, 5.41) is 2.85. The van der Waals surface area contributed by atoms with Crippen molar-refractivity contribution in [3.63, 3.8) is 0 Å². The zero-order chi connectivity index (χ0) is 15.9. The Morgan fingerprint density at radius 2 is 2.14 bits per heavy atom. The summed E-state index contributed by atoms with van der Waals surface area (Å²) in [5.41, 5.74) is 0.333. The molecule has 0 aromatic heterocycles. The quantitative estimate of drug-likeness (QED) is 0.722. The zero-order valence-electron chi connectivity index (χ0n) is 12.4. The van der Waals surface area contributed by atoms with Crippen LogP contribution in [0.5, 0.6) is 0 Å². The van der Waals surface area contributed by atoms with Gasteiger partial charge >= 0.3 is 0 Å². The third kappa shape index (κ3) is 5.32. The van der Waals surface area contributed by atoms with Crippen LogP contribution < -0.4 is 10.0 Å². The van der Waals surface area contributed by atoms with E-state index >= 15 is 0 Å². The molecular weight excluding hydrogens is 288 g/mol. The Kier molecular flexibility index (Phi) is 6.58. The molecule has 0 fully saturated rings. The monoisotopic (exact) mass is 310 g/mol. The number of amides is 1. The predicted octanol–water partition coefficient (Wildman–Crippen LogP) is 2.07. The van der Waals surface area contributed by atoms with Crippen LogP contribution in [0.1, 0.15) is 37.0 Å². The summed E-state index contributed by atoms with van der Waals surface area (Å²) in [6.45, 7) is 7.57. The van der Waals surface area contributed by atoms with Crippen LogP contribution in [0.2, 0.25) is 0 Å². The Bertz CT molecular complexity index is 597. The normalized spacial score (nSPS) is 12.7. The van der Waals surface area contributed by atoms with E-state index in [0.717, 1.165) is 12.8 Å². The first-order valence-corrected chi connectivity index (χ1v) is 8.40. The van der Waals surface area contributed by atoms with E-state index < -0.39 is 10.0 Å². The molecule has 0 heterocycles. The lowest BCUT2D eigenvalue weighted by molar-refractivity contribution is 0.0938. The number of benzene rings is 1. The maximum Gasteiger partial charge on any atom is 0.251 e. The van der Waals surface area contributed by atoms with Crippen LogP contribution in [0.4, 0.5) is 0 Å². The molecule has 1 aromatic rings. The van der Waals surface area contributed by atoms with Crippen LogP contribution >= 0.6 is 0 Å². The highest BCUT2D eigenvalue weighted by molar-refractivity contribution is 7.89. The number of sulfonamides is 1. The molecular formula is C15H22N2O3S. The highest BCUT2D eigenvalue weighted by Gasteiger charge is 2.16. The van der Waals surface area contributed by atoms with Gasteiger partial charge in [0.1, 0.15) is 0 Å². The van der Waals surface area contributed by atoms with Crippen molar-refractivity contribution < 1.29 is 13.2 Å². The van der Waals surface area contributed by atoms with Crippen molar-refractivity contribution in [3.8, 4) is 0 Å². The maximum absolute atomic E-state index is 12.1. The second-order valence-electron chi connectivity index (χ2n) is 4.83. The second kappa shape index (κ2) is 7.95. The first-order chi connectivity index (χ1) is 9.90. The number of hydrogen-bond acceptors (Lipinski definition) is 3. The Hall–Kier alpha value is -1.66. The van der Waals surface area contributed by atoms with Gasteiger partial charge in [-0.25, -0.2) is 13.1 Å². The van der Waals surface area contributed by atoms with Crippen molar-refractivity contribution in [2.75, 3.05) is 6.54 Å². The highest BCUT2D eigenvalue weighted by Crippen LogP contribution is 2.12. The molecule has 0 aliphatic heterocycles. The molecule has 5 nitrogen and oxygen atoms in total. The van der Waals surface area contributed by atoms with Crippen molar-refractivity contribution in [1.29, 1.82) is 0 Å². The number of carbonyl (C=O) groups excluding carboxylic acids is 1. The number of rotatable bonds is 8. The Balaban J connectivity index is 2.90. The molecule has 1 atom stereocenters. The van der Waals surface area contributed by atoms with E-state index in [1.54, 1.807) is 12.1 Å². The van der Waals surface area contributed by atoms with E-state index in [1.165, 1.54) is 18.2 Å². The van der Waals surface area contributed by atoms with Crippen LogP contribution in [0.3, 0.4) is 0 Å².